The molecule has 0 aliphatic carbocycles. The Hall–Kier alpha value is -1.58. The summed E-state index contributed by atoms with van der Waals surface area (Å²) in [5.41, 5.74) is -0.513. The topological polar surface area (TPSA) is 52.6 Å². The number of esters is 2. The van der Waals surface area contributed by atoms with E-state index >= 15 is 0 Å². The van der Waals surface area contributed by atoms with Gasteiger partial charge in [-0.25, -0.2) is 4.79 Å². The fourth-order valence-corrected chi connectivity index (χ4v) is 0.798. The first-order chi connectivity index (χ1) is 7.35. The van der Waals surface area contributed by atoms with E-state index in [1.54, 1.807) is 20.8 Å². The maximum atomic E-state index is 11.2. The first-order valence-corrected chi connectivity index (χ1v) is 5.01. The Morgan fingerprint density at radius 1 is 1.31 bits per heavy atom. The third-order valence-electron chi connectivity index (χ3n) is 1.31. The quantitative estimate of drug-likeness (QED) is 0.409. The zero-order valence-electron chi connectivity index (χ0n) is 9.99. The highest BCUT2D eigenvalue weighted by Gasteiger charge is 2.13. The predicted molar refractivity (Wildman–Crippen MR) is 60.8 cm³/mol. The molecule has 0 heterocycles. The van der Waals surface area contributed by atoms with E-state index in [-0.39, 0.29) is 19.0 Å². The van der Waals surface area contributed by atoms with Crippen LogP contribution in [0, 0.1) is 0 Å². The van der Waals surface area contributed by atoms with E-state index < -0.39 is 11.6 Å². The molecular weight excluding hydrogens is 208 g/mol. The Kier molecular flexibility index (Phi) is 6.15. The zero-order valence-corrected chi connectivity index (χ0v) is 9.99. The smallest absolute Gasteiger partial charge is 0.331 e. The molecule has 0 fully saturated rings. The number of carbonyl (C=O) groups is 2. The highest BCUT2D eigenvalue weighted by atomic mass is 16.6. The average Bonchev–Trinajstić information content (AvgIpc) is 2.10. The van der Waals surface area contributed by atoms with E-state index in [0.29, 0.717) is 0 Å². The van der Waals surface area contributed by atoms with Gasteiger partial charge in [0, 0.05) is 6.08 Å². The van der Waals surface area contributed by atoms with Crippen molar-refractivity contribution in [1.29, 1.82) is 0 Å². The number of ether oxygens (including phenoxy) is 2. The Morgan fingerprint density at radius 2 is 1.94 bits per heavy atom. The van der Waals surface area contributed by atoms with Crippen LogP contribution in [-0.2, 0) is 19.1 Å². The SMILES string of the molecule is C=CCC(=O)OCC=CC(=O)OC(C)(C)C. The molecular formula is C12H18O4. The zero-order chi connectivity index (χ0) is 12.6. The molecule has 0 unspecified atom stereocenters. The first-order valence-electron chi connectivity index (χ1n) is 5.01. The van der Waals surface area contributed by atoms with Gasteiger partial charge in [-0.1, -0.05) is 6.08 Å². The van der Waals surface area contributed by atoms with Gasteiger partial charge in [0.2, 0.25) is 0 Å². The van der Waals surface area contributed by atoms with Crippen LogP contribution in [0.15, 0.2) is 24.8 Å². The van der Waals surface area contributed by atoms with Crippen molar-refractivity contribution < 1.29 is 19.1 Å². The number of carbonyl (C=O) groups excluding carboxylic acids is 2. The second-order valence-electron chi connectivity index (χ2n) is 4.11. The Balaban J connectivity index is 3.80. The minimum absolute atomic E-state index is 0.0614. The number of hydrogen-bond acceptors (Lipinski definition) is 4. The van der Waals surface area contributed by atoms with Crippen LogP contribution in [0.4, 0.5) is 0 Å². The van der Waals surface area contributed by atoms with Crippen LogP contribution >= 0.6 is 0 Å². The van der Waals surface area contributed by atoms with E-state index in [4.69, 9.17) is 9.47 Å². The molecule has 0 atom stereocenters. The average molecular weight is 226 g/mol. The molecule has 0 aromatic carbocycles. The lowest BCUT2D eigenvalue weighted by Crippen LogP contribution is -2.22. The van der Waals surface area contributed by atoms with Crippen molar-refractivity contribution in [3.63, 3.8) is 0 Å². The van der Waals surface area contributed by atoms with E-state index in [9.17, 15) is 9.59 Å². The molecule has 4 nitrogen and oxygen atoms in total. The Labute approximate surface area is 95.9 Å². The minimum atomic E-state index is -0.513. The van der Waals surface area contributed by atoms with Crippen molar-refractivity contribution in [2.45, 2.75) is 32.8 Å². The van der Waals surface area contributed by atoms with Gasteiger partial charge < -0.3 is 9.47 Å². The third kappa shape index (κ3) is 8.99. The Bertz CT molecular complexity index is 284. The molecule has 0 N–H and O–H groups in total. The van der Waals surface area contributed by atoms with Gasteiger partial charge in [-0.3, -0.25) is 4.79 Å². The summed E-state index contributed by atoms with van der Waals surface area (Å²) in [4.78, 5) is 22.0. The fourth-order valence-electron chi connectivity index (χ4n) is 0.798. The van der Waals surface area contributed by atoms with E-state index in [2.05, 4.69) is 6.58 Å². The summed E-state index contributed by atoms with van der Waals surface area (Å²) in [7, 11) is 0. The minimum Gasteiger partial charge on any atom is -0.461 e. The molecule has 0 rings (SSSR count). The summed E-state index contributed by atoms with van der Waals surface area (Å²) in [6, 6.07) is 0. The standard InChI is InChI=1S/C12H18O4/c1-5-7-10(13)15-9-6-8-11(14)16-12(2,3)4/h5-6,8H,1,7,9H2,2-4H3. The lowest BCUT2D eigenvalue weighted by atomic mass is 10.2. The number of rotatable bonds is 5. The number of hydrogen-bond donors (Lipinski definition) is 0. The van der Waals surface area contributed by atoms with Crippen LogP contribution in [0.5, 0.6) is 0 Å². The summed E-state index contributed by atoms with van der Waals surface area (Å²) in [5.74, 6) is -0.823. The van der Waals surface area contributed by atoms with Gasteiger partial charge >= 0.3 is 11.9 Å². The summed E-state index contributed by atoms with van der Waals surface area (Å²) >= 11 is 0. The van der Waals surface area contributed by atoms with Gasteiger partial charge in [-0.15, -0.1) is 6.58 Å². The molecule has 0 amide bonds. The fraction of sp³-hybridized carbons (Fsp3) is 0.500. The third-order valence-corrected chi connectivity index (χ3v) is 1.31. The molecule has 16 heavy (non-hydrogen) atoms. The van der Waals surface area contributed by atoms with Crippen LogP contribution in [0.25, 0.3) is 0 Å². The maximum absolute atomic E-state index is 11.2. The molecule has 0 aromatic rings. The highest BCUT2D eigenvalue weighted by molar-refractivity contribution is 5.82. The van der Waals surface area contributed by atoms with Crippen molar-refractivity contribution in [3.05, 3.63) is 24.8 Å². The van der Waals surface area contributed by atoms with Gasteiger partial charge in [-0.2, -0.15) is 0 Å². The van der Waals surface area contributed by atoms with Crippen molar-refractivity contribution >= 4 is 11.9 Å². The van der Waals surface area contributed by atoms with Gasteiger partial charge in [0.05, 0.1) is 6.42 Å². The van der Waals surface area contributed by atoms with Gasteiger partial charge in [-0.05, 0) is 26.8 Å². The van der Waals surface area contributed by atoms with Crippen molar-refractivity contribution in [2.75, 3.05) is 6.61 Å². The molecule has 0 radical (unpaired) electrons. The van der Waals surface area contributed by atoms with Gasteiger partial charge in [0.15, 0.2) is 0 Å². The summed E-state index contributed by atoms with van der Waals surface area (Å²) < 4.78 is 9.77. The molecule has 90 valence electrons. The predicted octanol–water partition coefficient (Wildman–Crippen LogP) is 2.00. The molecule has 0 saturated heterocycles. The highest BCUT2D eigenvalue weighted by Crippen LogP contribution is 2.06. The second kappa shape index (κ2) is 6.82. The largest absolute Gasteiger partial charge is 0.461 e. The molecule has 0 bridgehead atoms. The molecule has 0 aliphatic rings. The normalized spacial score (nSPS) is 11.2. The van der Waals surface area contributed by atoms with Crippen LogP contribution in [0.1, 0.15) is 27.2 Å². The van der Waals surface area contributed by atoms with E-state index in [1.807, 2.05) is 0 Å². The van der Waals surface area contributed by atoms with Crippen LogP contribution < -0.4 is 0 Å². The van der Waals surface area contributed by atoms with E-state index in [0.717, 1.165) is 0 Å². The van der Waals surface area contributed by atoms with Gasteiger partial charge in [0.1, 0.15) is 12.2 Å². The lowest BCUT2D eigenvalue weighted by Gasteiger charge is -2.17. The van der Waals surface area contributed by atoms with Crippen molar-refractivity contribution in [3.8, 4) is 0 Å². The first kappa shape index (κ1) is 14.4. The summed E-state index contributed by atoms with van der Waals surface area (Å²) in [6.45, 7) is 8.81. The lowest BCUT2D eigenvalue weighted by molar-refractivity contribution is -0.149. The van der Waals surface area contributed by atoms with Crippen molar-refractivity contribution in [1.82, 2.24) is 0 Å². The molecule has 0 aliphatic heterocycles. The summed E-state index contributed by atoms with van der Waals surface area (Å²) in [6.07, 6.45) is 4.31. The van der Waals surface area contributed by atoms with Crippen LogP contribution in [-0.4, -0.2) is 24.1 Å². The monoisotopic (exact) mass is 226 g/mol. The second-order valence-corrected chi connectivity index (χ2v) is 4.11. The molecule has 0 spiro atoms. The Morgan fingerprint density at radius 3 is 2.44 bits per heavy atom. The maximum Gasteiger partial charge on any atom is 0.331 e. The molecule has 0 saturated carbocycles. The van der Waals surface area contributed by atoms with Gasteiger partial charge in [0.25, 0.3) is 0 Å². The van der Waals surface area contributed by atoms with Crippen LogP contribution in [0.3, 0.4) is 0 Å². The summed E-state index contributed by atoms with van der Waals surface area (Å²) in [5, 5.41) is 0. The van der Waals surface area contributed by atoms with E-state index in [1.165, 1.54) is 18.2 Å². The molecule has 0 aromatic heterocycles. The van der Waals surface area contributed by atoms with Crippen LogP contribution in [0.2, 0.25) is 0 Å². The molecule has 4 heteroatoms. The van der Waals surface area contributed by atoms with Crippen molar-refractivity contribution in [2.24, 2.45) is 0 Å².